The number of carbonyl (C=O) groups is 1. The molecular weight excluding hydrogens is 460 g/mol. The van der Waals surface area contributed by atoms with Crippen molar-refractivity contribution in [2.45, 2.75) is 32.1 Å². The molecule has 1 fully saturated rings. The molecule has 9 nitrogen and oxygen atoms in total. The van der Waals surface area contributed by atoms with Crippen LogP contribution in [-0.2, 0) is 13.7 Å². The Balaban J connectivity index is 1.47. The first-order chi connectivity index (χ1) is 16.9. The van der Waals surface area contributed by atoms with Crippen molar-refractivity contribution in [3.8, 4) is 28.5 Å². The number of imidazole rings is 1. The highest BCUT2D eigenvalue weighted by molar-refractivity contribution is 6.01. The number of nitrogens with zero attached hydrogens (tertiary/aromatic N) is 4. The number of methoxy groups -OCH3 is 1. The van der Waals surface area contributed by atoms with Gasteiger partial charge in [0, 0.05) is 42.7 Å². The molecule has 1 amide bonds. The number of fused-ring (bicyclic) bond motifs is 1. The predicted molar refractivity (Wildman–Crippen MR) is 122 cm³/mol. The summed E-state index contributed by atoms with van der Waals surface area (Å²) in [6.07, 6.45) is 8.68. The van der Waals surface area contributed by atoms with Gasteiger partial charge in [0.05, 0.1) is 25.2 Å². The minimum absolute atomic E-state index is 0.0413. The second kappa shape index (κ2) is 9.24. The van der Waals surface area contributed by atoms with Gasteiger partial charge in [0.2, 0.25) is 0 Å². The molecular formula is C24H23F2N5O4. The van der Waals surface area contributed by atoms with Crippen molar-refractivity contribution in [1.82, 2.24) is 24.5 Å². The summed E-state index contributed by atoms with van der Waals surface area (Å²) in [4.78, 5) is 17.2. The Labute approximate surface area is 199 Å². The van der Waals surface area contributed by atoms with Crippen molar-refractivity contribution in [1.29, 1.82) is 0 Å². The monoisotopic (exact) mass is 483 g/mol. The Hall–Kier alpha value is -4.15. The molecule has 5 rings (SSSR count). The molecule has 1 aliphatic rings. The van der Waals surface area contributed by atoms with E-state index in [0.29, 0.717) is 29.3 Å². The SMILES string of the molecule is COc1cc(-c2cnc3cc(OCc4cnn(C)c4)ccn23)cc(OC(F)F)c1C(=O)NC1CC1. The van der Waals surface area contributed by atoms with Gasteiger partial charge in [-0.1, -0.05) is 0 Å². The molecule has 35 heavy (non-hydrogen) atoms. The molecule has 3 heterocycles. The van der Waals surface area contributed by atoms with E-state index in [1.54, 1.807) is 45.9 Å². The number of hydrogen-bond acceptors (Lipinski definition) is 6. The van der Waals surface area contributed by atoms with Crippen LogP contribution in [0, 0.1) is 0 Å². The minimum atomic E-state index is -3.11. The molecule has 0 atom stereocenters. The Kier molecular flexibility index (Phi) is 5.98. The highest BCUT2D eigenvalue weighted by Gasteiger charge is 2.29. The van der Waals surface area contributed by atoms with Gasteiger partial charge in [0.1, 0.15) is 35.1 Å². The summed E-state index contributed by atoms with van der Waals surface area (Å²) in [7, 11) is 3.21. The second-order valence-electron chi connectivity index (χ2n) is 8.22. The summed E-state index contributed by atoms with van der Waals surface area (Å²) in [5.74, 6) is -0.0356. The topological polar surface area (TPSA) is 91.9 Å². The van der Waals surface area contributed by atoms with Crippen LogP contribution < -0.4 is 19.5 Å². The van der Waals surface area contributed by atoms with E-state index in [-0.39, 0.29) is 23.1 Å². The van der Waals surface area contributed by atoms with Crippen LogP contribution in [0.5, 0.6) is 17.2 Å². The molecule has 3 aromatic heterocycles. The Bertz CT molecular complexity index is 1380. The van der Waals surface area contributed by atoms with Crippen molar-refractivity contribution >= 4 is 11.6 Å². The van der Waals surface area contributed by atoms with E-state index in [1.807, 2.05) is 13.2 Å². The summed E-state index contributed by atoms with van der Waals surface area (Å²) >= 11 is 0. The van der Waals surface area contributed by atoms with Crippen molar-refractivity contribution in [3.63, 3.8) is 0 Å². The number of aryl methyl sites for hydroxylation is 1. The third-order valence-corrected chi connectivity index (χ3v) is 5.59. The van der Waals surface area contributed by atoms with Gasteiger partial charge in [-0.15, -0.1) is 0 Å². The van der Waals surface area contributed by atoms with Crippen LogP contribution >= 0.6 is 0 Å². The smallest absolute Gasteiger partial charge is 0.387 e. The van der Waals surface area contributed by atoms with E-state index in [0.717, 1.165) is 18.4 Å². The second-order valence-corrected chi connectivity index (χ2v) is 8.22. The summed E-state index contributed by atoms with van der Waals surface area (Å²) in [6.45, 7) is -2.75. The number of nitrogens with one attached hydrogen (secondary N) is 1. The number of carbonyl (C=O) groups excluding carboxylic acids is 1. The lowest BCUT2D eigenvalue weighted by atomic mass is 10.1. The fourth-order valence-electron chi connectivity index (χ4n) is 3.78. The number of pyridine rings is 1. The first-order valence-corrected chi connectivity index (χ1v) is 11.0. The molecule has 0 saturated heterocycles. The molecule has 1 aromatic carbocycles. The molecule has 0 spiro atoms. The number of benzene rings is 1. The van der Waals surface area contributed by atoms with E-state index in [2.05, 4.69) is 15.4 Å². The standard InChI is InChI=1S/C24H23F2N5O4/c1-30-12-14(10-28-30)13-34-17-5-6-31-18(11-27-21(31)9-17)15-7-19(33-2)22(20(8-15)35-24(25)26)23(32)29-16-3-4-16/h5-12,16,24H,3-4,13H2,1-2H3,(H,29,32). The fourth-order valence-corrected chi connectivity index (χ4v) is 3.78. The Morgan fingerprint density at radius 1 is 1.23 bits per heavy atom. The van der Waals surface area contributed by atoms with Crippen LogP contribution in [0.2, 0.25) is 0 Å². The van der Waals surface area contributed by atoms with Gasteiger partial charge in [-0.3, -0.25) is 13.9 Å². The lowest BCUT2D eigenvalue weighted by Gasteiger charge is -2.16. The van der Waals surface area contributed by atoms with Crippen molar-refractivity contribution < 1.29 is 27.8 Å². The van der Waals surface area contributed by atoms with Crippen LogP contribution in [-0.4, -0.2) is 44.8 Å². The van der Waals surface area contributed by atoms with Crippen LogP contribution in [0.3, 0.4) is 0 Å². The predicted octanol–water partition coefficient (Wildman–Crippen LogP) is 3.82. The zero-order chi connectivity index (χ0) is 24.5. The van der Waals surface area contributed by atoms with E-state index < -0.39 is 12.5 Å². The summed E-state index contributed by atoms with van der Waals surface area (Å²) in [6, 6.07) is 6.59. The summed E-state index contributed by atoms with van der Waals surface area (Å²) in [5, 5.41) is 6.91. The van der Waals surface area contributed by atoms with Gasteiger partial charge in [0.25, 0.3) is 5.91 Å². The van der Waals surface area contributed by atoms with Crippen LogP contribution in [0.1, 0.15) is 28.8 Å². The van der Waals surface area contributed by atoms with Crippen LogP contribution in [0.15, 0.2) is 49.1 Å². The van der Waals surface area contributed by atoms with Crippen molar-refractivity contribution in [3.05, 3.63) is 60.2 Å². The first-order valence-electron chi connectivity index (χ1n) is 11.0. The van der Waals surface area contributed by atoms with Gasteiger partial charge in [-0.2, -0.15) is 13.9 Å². The van der Waals surface area contributed by atoms with Crippen LogP contribution in [0.25, 0.3) is 16.9 Å². The van der Waals surface area contributed by atoms with Crippen molar-refractivity contribution in [2.24, 2.45) is 7.05 Å². The van der Waals surface area contributed by atoms with Gasteiger partial charge in [-0.05, 0) is 31.0 Å². The zero-order valence-electron chi connectivity index (χ0n) is 19.1. The molecule has 1 saturated carbocycles. The zero-order valence-corrected chi connectivity index (χ0v) is 19.1. The van der Waals surface area contributed by atoms with Gasteiger partial charge in [-0.25, -0.2) is 4.98 Å². The molecule has 1 aliphatic carbocycles. The van der Waals surface area contributed by atoms with Gasteiger partial charge >= 0.3 is 6.61 Å². The Morgan fingerprint density at radius 3 is 2.71 bits per heavy atom. The molecule has 0 aliphatic heterocycles. The number of ether oxygens (including phenoxy) is 3. The lowest BCUT2D eigenvalue weighted by molar-refractivity contribution is -0.0502. The maximum atomic E-state index is 13.2. The maximum Gasteiger partial charge on any atom is 0.387 e. The maximum absolute atomic E-state index is 13.2. The van der Waals surface area contributed by atoms with E-state index in [1.165, 1.54) is 13.2 Å². The quantitative estimate of drug-likeness (QED) is 0.389. The summed E-state index contributed by atoms with van der Waals surface area (Å²) < 4.78 is 45.9. The van der Waals surface area contributed by atoms with Crippen molar-refractivity contribution in [2.75, 3.05) is 7.11 Å². The highest BCUT2D eigenvalue weighted by Crippen LogP contribution is 2.37. The van der Waals surface area contributed by atoms with Crippen LogP contribution in [0.4, 0.5) is 8.78 Å². The number of rotatable bonds is 9. The average molecular weight is 483 g/mol. The third-order valence-electron chi connectivity index (χ3n) is 5.59. The van der Waals surface area contributed by atoms with E-state index >= 15 is 0 Å². The molecule has 4 aromatic rings. The molecule has 1 N–H and O–H groups in total. The largest absolute Gasteiger partial charge is 0.496 e. The number of hydrogen-bond donors (Lipinski definition) is 1. The van der Waals surface area contributed by atoms with Gasteiger partial charge in [0.15, 0.2) is 0 Å². The minimum Gasteiger partial charge on any atom is -0.496 e. The van der Waals surface area contributed by atoms with Gasteiger partial charge < -0.3 is 19.5 Å². The molecule has 0 bridgehead atoms. The molecule has 182 valence electrons. The number of amides is 1. The Morgan fingerprint density at radius 2 is 2.03 bits per heavy atom. The first kappa shape index (κ1) is 22.6. The average Bonchev–Trinajstić information content (AvgIpc) is 3.38. The molecule has 11 heteroatoms. The normalized spacial score (nSPS) is 13.3. The number of aromatic nitrogens is 4. The molecule has 0 unspecified atom stereocenters. The molecule has 0 radical (unpaired) electrons. The number of halogens is 2. The third kappa shape index (κ3) is 4.88. The highest BCUT2D eigenvalue weighted by atomic mass is 19.3. The lowest BCUT2D eigenvalue weighted by Crippen LogP contribution is -2.26. The van der Waals surface area contributed by atoms with E-state index in [4.69, 9.17) is 14.2 Å². The fraction of sp³-hybridized carbons (Fsp3) is 0.292. The van der Waals surface area contributed by atoms with E-state index in [9.17, 15) is 13.6 Å². The summed E-state index contributed by atoms with van der Waals surface area (Å²) in [5.41, 5.74) is 2.56. The number of alkyl halides is 2.